The molecule has 2 aromatic rings. The van der Waals surface area contributed by atoms with Gasteiger partial charge in [0.2, 0.25) is 0 Å². The second-order valence-corrected chi connectivity index (χ2v) is 6.69. The minimum Gasteiger partial charge on any atom is -0.388 e. The van der Waals surface area contributed by atoms with E-state index in [0.717, 1.165) is 36.2 Å². The summed E-state index contributed by atoms with van der Waals surface area (Å²) in [6, 6.07) is 9.65. The van der Waals surface area contributed by atoms with Crippen molar-refractivity contribution in [2.75, 3.05) is 6.54 Å². The number of hydrogen-bond donors (Lipinski definition) is 2. The molecule has 0 radical (unpaired) electrons. The molecular formula is C19H26N4O2. The van der Waals surface area contributed by atoms with Crippen molar-refractivity contribution >= 4 is 6.03 Å². The van der Waals surface area contributed by atoms with Gasteiger partial charge in [0.05, 0.1) is 12.3 Å². The molecule has 134 valence electrons. The lowest BCUT2D eigenvalue weighted by atomic mass is 10.0. The normalized spacial score (nSPS) is 18.4. The van der Waals surface area contributed by atoms with Crippen LogP contribution in [0.15, 0.2) is 36.5 Å². The summed E-state index contributed by atoms with van der Waals surface area (Å²) >= 11 is 0. The van der Waals surface area contributed by atoms with Gasteiger partial charge in [-0.15, -0.1) is 0 Å². The lowest BCUT2D eigenvalue weighted by Gasteiger charge is -2.27. The highest BCUT2D eigenvalue weighted by Gasteiger charge is 2.30. The SMILES string of the molecule is Cc1c(CNC(=O)N2CCC[C@H]2C[C@H](O)c2ccccc2)cnn1C. The maximum atomic E-state index is 12.6. The zero-order chi connectivity index (χ0) is 17.8. The minimum absolute atomic E-state index is 0.0639. The Morgan fingerprint density at radius 3 is 2.84 bits per heavy atom. The molecule has 2 heterocycles. The first kappa shape index (κ1) is 17.5. The number of hydrogen-bond acceptors (Lipinski definition) is 3. The number of carbonyl (C=O) groups is 1. The van der Waals surface area contributed by atoms with E-state index >= 15 is 0 Å². The number of rotatable bonds is 5. The van der Waals surface area contributed by atoms with Crippen molar-refractivity contribution in [1.82, 2.24) is 20.0 Å². The van der Waals surface area contributed by atoms with Gasteiger partial charge >= 0.3 is 6.03 Å². The Morgan fingerprint density at radius 2 is 2.16 bits per heavy atom. The number of aliphatic hydroxyl groups excluding tert-OH is 1. The van der Waals surface area contributed by atoms with Crippen molar-refractivity contribution in [1.29, 1.82) is 0 Å². The third-order valence-electron chi connectivity index (χ3n) is 5.08. The van der Waals surface area contributed by atoms with Crippen LogP contribution in [0.25, 0.3) is 0 Å². The third kappa shape index (κ3) is 4.02. The summed E-state index contributed by atoms with van der Waals surface area (Å²) in [6.07, 6.45) is 3.73. The maximum Gasteiger partial charge on any atom is 0.317 e. The molecule has 25 heavy (non-hydrogen) atoms. The topological polar surface area (TPSA) is 70.4 Å². The summed E-state index contributed by atoms with van der Waals surface area (Å²) < 4.78 is 1.80. The van der Waals surface area contributed by atoms with Crippen LogP contribution in [-0.2, 0) is 13.6 Å². The number of amides is 2. The highest BCUT2D eigenvalue weighted by molar-refractivity contribution is 5.74. The van der Waals surface area contributed by atoms with Gasteiger partial charge in [-0.2, -0.15) is 5.10 Å². The van der Waals surface area contributed by atoms with E-state index in [1.54, 1.807) is 10.9 Å². The smallest absolute Gasteiger partial charge is 0.317 e. The molecule has 0 aliphatic carbocycles. The van der Waals surface area contributed by atoms with Crippen LogP contribution in [-0.4, -0.2) is 38.4 Å². The molecule has 1 aromatic carbocycles. The predicted octanol–water partition coefficient (Wildman–Crippen LogP) is 2.53. The molecule has 6 heteroatoms. The average Bonchev–Trinajstić information content (AvgIpc) is 3.21. The van der Waals surface area contributed by atoms with Crippen molar-refractivity contribution in [2.24, 2.45) is 7.05 Å². The Bertz CT molecular complexity index is 713. The van der Waals surface area contributed by atoms with E-state index < -0.39 is 6.10 Å². The highest BCUT2D eigenvalue weighted by Crippen LogP contribution is 2.27. The van der Waals surface area contributed by atoms with Gasteiger partial charge in [-0.25, -0.2) is 4.79 Å². The second-order valence-electron chi connectivity index (χ2n) is 6.69. The van der Waals surface area contributed by atoms with Crippen LogP contribution in [0.5, 0.6) is 0 Å². The Balaban J connectivity index is 1.57. The van der Waals surface area contributed by atoms with Crippen molar-refractivity contribution in [3.8, 4) is 0 Å². The van der Waals surface area contributed by atoms with E-state index in [4.69, 9.17) is 0 Å². The summed E-state index contributed by atoms with van der Waals surface area (Å²) in [5.74, 6) is 0. The average molecular weight is 342 g/mol. The molecule has 2 N–H and O–H groups in total. The van der Waals surface area contributed by atoms with Crippen LogP contribution < -0.4 is 5.32 Å². The first-order chi connectivity index (χ1) is 12.1. The number of urea groups is 1. The van der Waals surface area contributed by atoms with Crippen LogP contribution in [0.4, 0.5) is 4.79 Å². The van der Waals surface area contributed by atoms with Gasteiger partial charge in [-0.3, -0.25) is 4.68 Å². The molecule has 1 saturated heterocycles. The van der Waals surface area contributed by atoms with Crippen LogP contribution >= 0.6 is 0 Å². The van der Waals surface area contributed by atoms with E-state index in [0.29, 0.717) is 13.0 Å². The molecule has 0 spiro atoms. The van der Waals surface area contributed by atoms with Gasteiger partial charge in [0.15, 0.2) is 0 Å². The molecule has 2 atom stereocenters. The fourth-order valence-corrected chi connectivity index (χ4v) is 3.41. The number of aliphatic hydroxyl groups is 1. The molecule has 0 bridgehead atoms. The monoisotopic (exact) mass is 342 g/mol. The molecule has 1 aliphatic rings. The third-order valence-corrected chi connectivity index (χ3v) is 5.08. The zero-order valence-electron chi connectivity index (χ0n) is 14.9. The number of nitrogens with one attached hydrogen (secondary N) is 1. The van der Waals surface area contributed by atoms with Gasteiger partial charge in [0, 0.05) is 37.4 Å². The van der Waals surface area contributed by atoms with Gasteiger partial charge in [-0.05, 0) is 31.7 Å². The number of likely N-dealkylation sites (tertiary alicyclic amines) is 1. The Labute approximate surface area is 148 Å². The fourth-order valence-electron chi connectivity index (χ4n) is 3.41. The molecule has 1 aromatic heterocycles. The summed E-state index contributed by atoms with van der Waals surface area (Å²) in [5, 5.41) is 17.6. The summed E-state index contributed by atoms with van der Waals surface area (Å²) in [6.45, 7) is 3.20. The predicted molar refractivity (Wildman–Crippen MR) is 95.9 cm³/mol. The molecule has 0 saturated carbocycles. The largest absolute Gasteiger partial charge is 0.388 e. The van der Waals surface area contributed by atoms with E-state index in [-0.39, 0.29) is 12.1 Å². The highest BCUT2D eigenvalue weighted by atomic mass is 16.3. The van der Waals surface area contributed by atoms with E-state index in [9.17, 15) is 9.90 Å². The number of nitrogens with zero attached hydrogens (tertiary/aromatic N) is 3. The van der Waals surface area contributed by atoms with Crippen LogP contribution in [0.1, 0.15) is 42.2 Å². The Hall–Kier alpha value is -2.34. The summed E-state index contributed by atoms with van der Waals surface area (Å²) in [4.78, 5) is 14.4. The zero-order valence-corrected chi connectivity index (χ0v) is 14.9. The number of carbonyl (C=O) groups excluding carboxylic acids is 1. The fraction of sp³-hybridized carbons (Fsp3) is 0.474. The lowest BCUT2D eigenvalue weighted by molar-refractivity contribution is 0.126. The molecule has 3 rings (SSSR count). The van der Waals surface area contributed by atoms with Crippen LogP contribution in [0.3, 0.4) is 0 Å². The van der Waals surface area contributed by atoms with Gasteiger partial charge in [0.1, 0.15) is 0 Å². The van der Waals surface area contributed by atoms with Gasteiger partial charge < -0.3 is 15.3 Å². The first-order valence-electron chi connectivity index (χ1n) is 8.81. The van der Waals surface area contributed by atoms with Crippen molar-refractivity contribution in [3.63, 3.8) is 0 Å². The van der Waals surface area contributed by atoms with Crippen LogP contribution in [0.2, 0.25) is 0 Å². The van der Waals surface area contributed by atoms with Gasteiger partial charge in [-0.1, -0.05) is 30.3 Å². The van der Waals surface area contributed by atoms with E-state index in [1.165, 1.54) is 0 Å². The standard InChI is InChI=1S/C19H26N4O2/c1-14-16(13-21-22(14)2)12-20-19(25)23-10-6-9-17(23)11-18(24)15-7-4-3-5-8-15/h3-5,7-8,13,17-18,24H,6,9-12H2,1-2H3,(H,20,25)/t17-,18-/m0/s1. The Morgan fingerprint density at radius 1 is 1.40 bits per heavy atom. The molecule has 0 unspecified atom stereocenters. The van der Waals surface area contributed by atoms with Crippen molar-refractivity contribution in [2.45, 2.75) is 44.9 Å². The van der Waals surface area contributed by atoms with E-state index in [1.807, 2.05) is 49.2 Å². The molecule has 1 aliphatic heterocycles. The Kier molecular flexibility index (Phi) is 5.38. The number of benzene rings is 1. The lowest BCUT2D eigenvalue weighted by Crippen LogP contribution is -2.43. The molecule has 1 fully saturated rings. The summed E-state index contributed by atoms with van der Waals surface area (Å²) in [5.41, 5.74) is 2.98. The molecule has 2 amide bonds. The van der Waals surface area contributed by atoms with Crippen molar-refractivity contribution in [3.05, 3.63) is 53.3 Å². The second kappa shape index (κ2) is 7.70. The van der Waals surface area contributed by atoms with Crippen molar-refractivity contribution < 1.29 is 9.90 Å². The molecule has 6 nitrogen and oxygen atoms in total. The maximum absolute atomic E-state index is 12.6. The summed E-state index contributed by atoms with van der Waals surface area (Å²) in [7, 11) is 1.89. The number of aromatic nitrogens is 2. The van der Waals surface area contributed by atoms with E-state index in [2.05, 4.69) is 10.4 Å². The first-order valence-corrected chi connectivity index (χ1v) is 8.81. The number of aryl methyl sites for hydroxylation is 1. The molecular weight excluding hydrogens is 316 g/mol. The van der Waals surface area contributed by atoms with Crippen LogP contribution in [0, 0.1) is 6.92 Å². The minimum atomic E-state index is -0.542. The van der Waals surface area contributed by atoms with Gasteiger partial charge in [0.25, 0.3) is 0 Å². The quantitative estimate of drug-likeness (QED) is 0.877.